The van der Waals surface area contributed by atoms with Crippen LogP contribution in [0, 0.1) is 6.92 Å². The minimum absolute atomic E-state index is 0.138. The third kappa shape index (κ3) is 3.77. The van der Waals surface area contributed by atoms with Crippen LogP contribution in [0.2, 0.25) is 0 Å². The van der Waals surface area contributed by atoms with Crippen LogP contribution < -0.4 is 11.5 Å². The largest absolute Gasteiger partial charge is 0.469 e. The van der Waals surface area contributed by atoms with Crippen molar-refractivity contribution in [1.29, 1.82) is 0 Å². The van der Waals surface area contributed by atoms with Gasteiger partial charge < -0.3 is 20.8 Å². The molecule has 0 aliphatic carbocycles. The van der Waals surface area contributed by atoms with Gasteiger partial charge >= 0.3 is 5.97 Å². The number of hydrogen-bond acceptors (Lipinski definition) is 4. The van der Waals surface area contributed by atoms with E-state index in [0.29, 0.717) is 6.54 Å². The zero-order chi connectivity index (χ0) is 20.3. The second-order valence-electron chi connectivity index (χ2n) is 6.87. The number of nitrogens with zero attached hydrogens (tertiary/aromatic N) is 1. The molecule has 1 amide bonds. The molecule has 1 atom stereocenters. The zero-order valence-electron chi connectivity index (χ0n) is 16.1. The van der Waals surface area contributed by atoms with Gasteiger partial charge in [0, 0.05) is 29.7 Å². The summed E-state index contributed by atoms with van der Waals surface area (Å²) in [7, 11) is 1.35. The van der Waals surface area contributed by atoms with Crippen LogP contribution in [0.4, 0.5) is 0 Å². The summed E-state index contributed by atoms with van der Waals surface area (Å²) in [4.78, 5) is 23.8. The second-order valence-corrected chi connectivity index (χ2v) is 6.87. The van der Waals surface area contributed by atoms with Crippen molar-refractivity contribution < 1.29 is 14.3 Å². The molecule has 0 aliphatic heterocycles. The van der Waals surface area contributed by atoms with Gasteiger partial charge in [0.25, 0.3) is 0 Å². The zero-order valence-corrected chi connectivity index (χ0v) is 16.1. The first-order valence-electron chi connectivity index (χ1n) is 9.18. The summed E-state index contributed by atoms with van der Waals surface area (Å²) >= 11 is 0. The van der Waals surface area contributed by atoms with Gasteiger partial charge in [-0.2, -0.15) is 0 Å². The number of ether oxygens (including phenoxy) is 1. The predicted molar refractivity (Wildman–Crippen MR) is 109 cm³/mol. The lowest BCUT2D eigenvalue weighted by Crippen LogP contribution is -2.22. The van der Waals surface area contributed by atoms with Crippen LogP contribution >= 0.6 is 0 Å². The Bertz CT molecular complexity index is 1010. The van der Waals surface area contributed by atoms with Crippen molar-refractivity contribution in [2.45, 2.75) is 25.8 Å². The number of fused-ring (bicyclic) bond motifs is 1. The molecular formula is C22H25N3O3. The van der Waals surface area contributed by atoms with Crippen molar-refractivity contribution in [2.75, 3.05) is 13.7 Å². The van der Waals surface area contributed by atoms with E-state index in [1.54, 1.807) is 0 Å². The highest BCUT2D eigenvalue weighted by Gasteiger charge is 2.22. The van der Waals surface area contributed by atoms with E-state index in [9.17, 15) is 9.59 Å². The Kier molecular flexibility index (Phi) is 5.80. The maximum Gasteiger partial charge on any atom is 0.314 e. The fourth-order valence-electron chi connectivity index (χ4n) is 3.66. The van der Waals surface area contributed by atoms with E-state index in [0.717, 1.165) is 33.3 Å². The van der Waals surface area contributed by atoms with E-state index < -0.39 is 11.8 Å². The molecule has 0 bridgehead atoms. The fourth-order valence-corrected chi connectivity index (χ4v) is 3.66. The molecule has 4 N–H and O–H groups in total. The molecule has 6 nitrogen and oxygen atoms in total. The SMILES string of the molecule is COC(=O)C(CN)c1ccc2c(c1)c(CC(N)=O)c(C)n2Cc1ccccc1. The molecule has 1 aromatic heterocycles. The van der Waals surface area contributed by atoms with Crippen molar-refractivity contribution in [3.05, 3.63) is 70.9 Å². The summed E-state index contributed by atoms with van der Waals surface area (Å²) in [6.07, 6.45) is 0.138. The highest BCUT2D eigenvalue weighted by molar-refractivity contribution is 5.92. The van der Waals surface area contributed by atoms with Crippen LogP contribution in [0.25, 0.3) is 10.9 Å². The highest BCUT2D eigenvalue weighted by atomic mass is 16.5. The minimum atomic E-state index is -0.548. The molecule has 0 spiro atoms. The number of methoxy groups -OCH3 is 1. The number of esters is 1. The quantitative estimate of drug-likeness (QED) is 0.615. The van der Waals surface area contributed by atoms with Crippen molar-refractivity contribution >= 4 is 22.8 Å². The van der Waals surface area contributed by atoms with E-state index in [2.05, 4.69) is 16.7 Å². The third-order valence-electron chi connectivity index (χ3n) is 5.14. The van der Waals surface area contributed by atoms with Crippen molar-refractivity contribution in [1.82, 2.24) is 4.57 Å². The maximum atomic E-state index is 12.1. The number of carbonyl (C=O) groups excluding carboxylic acids is 2. The number of benzene rings is 2. The monoisotopic (exact) mass is 379 g/mol. The fraction of sp³-hybridized carbons (Fsp3) is 0.273. The Morgan fingerprint density at radius 3 is 2.46 bits per heavy atom. The summed E-state index contributed by atoms with van der Waals surface area (Å²) in [5, 5.41) is 0.909. The molecule has 6 heteroatoms. The number of amides is 1. The molecule has 3 rings (SSSR count). The lowest BCUT2D eigenvalue weighted by Gasteiger charge is -2.13. The Labute approximate surface area is 164 Å². The molecule has 0 saturated carbocycles. The average molecular weight is 379 g/mol. The van der Waals surface area contributed by atoms with Crippen molar-refractivity contribution in [3.8, 4) is 0 Å². The van der Waals surface area contributed by atoms with Gasteiger partial charge in [0.05, 0.1) is 19.4 Å². The number of rotatable bonds is 7. The van der Waals surface area contributed by atoms with Crippen LogP contribution in [0.5, 0.6) is 0 Å². The topological polar surface area (TPSA) is 100 Å². The lowest BCUT2D eigenvalue weighted by atomic mass is 9.96. The molecule has 0 saturated heterocycles. The Morgan fingerprint density at radius 1 is 1.14 bits per heavy atom. The molecule has 0 radical (unpaired) electrons. The summed E-state index contributed by atoms with van der Waals surface area (Å²) in [6.45, 7) is 2.81. The van der Waals surface area contributed by atoms with Crippen LogP contribution in [0.3, 0.4) is 0 Å². The standard InChI is InChI=1S/C22H25N3O3/c1-14-17(11-21(24)26)18-10-16(19(12-23)22(27)28-2)8-9-20(18)25(14)13-15-6-4-3-5-7-15/h3-10,19H,11-13,23H2,1-2H3,(H2,24,26). The first kappa shape index (κ1) is 19.6. The average Bonchev–Trinajstić information content (AvgIpc) is 2.94. The number of hydrogen-bond donors (Lipinski definition) is 2. The highest BCUT2D eigenvalue weighted by Crippen LogP contribution is 2.30. The van der Waals surface area contributed by atoms with E-state index in [-0.39, 0.29) is 18.9 Å². The van der Waals surface area contributed by atoms with Gasteiger partial charge in [-0.1, -0.05) is 36.4 Å². The Hall–Kier alpha value is -3.12. The molecule has 28 heavy (non-hydrogen) atoms. The lowest BCUT2D eigenvalue weighted by molar-refractivity contribution is -0.142. The minimum Gasteiger partial charge on any atom is -0.469 e. The Morgan fingerprint density at radius 2 is 1.86 bits per heavy atom. The van der Waals surface area contributed by atoms with E-state index in [4.69, 9.17) is 16.2 Å². The maximum absolute atomic E-state index is 12.1. The molecule has 0 aliphatic rings. The second kappa shape index (κ2) is 8.27. The van der Waals surface area contributed by atoms with E-state index >= 15 is 0 Å². The van der Waals surface area contributed by atoms with Crippen LogP contribution in [-0.4, -0.2) is 30.1 Å². The van der Waals surface area contributed by atoms with Gasteiger partial charge in [-0.3, -0.25) is 9.59 Å². The van der Waals surface area contributed by atoms with Gasteiger partial charge in [-0.05, 0) is 35.7 Å². The predicted octanol–water partition coefficient (Wildman–Crippen LogP) is 2.24. The van der Waals surface area contributed by atoms with Crippen molar-refractivity contribution in [3.63, 3.8) is 0 Å². The van der Waals surface area contributed by atoms with E-state index in [1.165, 1.54) is 7.11 Å². The van der Waals surface area contributed by atoms with Gasteiger partial charge in [0.15, 0.2) is 0 Å². The Balaban J connectivity index is 2.16. The first-order valence-corrected chi connectivity index (χ1v) is 9.18. The number of nitrogens with two attached hydrogens (primary N) is 2. The normalized spacial score (nSPS) is 12.1. The van der Waals surface area contributed by atoms with Gasteiger partial charge in [0.1, 0.15) is 0 Å². The smallest absolute Gasteiger partial charge is 0.314 e. The summed E-state index contributed by atoms with van der Waals surface area (Å²) in [6, 6.07) is 15.9. The molecule has 1 unspecified atom stereocenters. The summed E-state index contributed by atoms with van der Waals surface area (Å²) in [5.74, 6) is -1.32. The molecular weight excluding hydrogens is 354 g/mol. The molecule has 146 valence electrons. The number of primary amides is 1. The van der Waals surface area contributed by atoms with Gasteiger partial charge in [0.2, 0.25) is 5.91 Å². The van der Waals surface area contributed by atoms with Crippen LogP contribution in [0.15, 0.2) is 48.5 Å². The molecule has 0 fully saturated rings. The van der Waals surface area contributed by atoms with Crippen molar-refractivity contribution in [2.24, 2.45) is 11.5 Å². The summed E-state index contributed by atoms with van der Waals surface area (Å²) in [5.41, 5.74) is 16.1. The molecule has 1 heterocycles. The van der Waals surface area contributed by atoms with Gasteiger partial charge in [-0.15, -0.1) is 0 Å². The van der Waals surface area contributed by atoms with E-state index in [1.807, 2.05) is 43.3 Å². The third-order valence-corrected chi connectivity index (χ3v) is 5.14. The molecule has 3 aromatic rings. The van der Waals surface area contributed by atoms with Gasteiger partial charge in [-0.25, -0.2) is 0 Å². The number of carbonyl (C=O) groups is 2. The van der Waals surface area contributed by atoms with Crippen LogP contribution in [0.1, 0.15) is 28.3 Å². The van der Waals surface area contributed by atoms with Crippen LogP contribution in [-0.2, 0) is 27.3 Å². The molecule has 2 aromatic carbocycles. The number of aromatic nitrogens is 1. The first-order chi connectivity index (χ1) is 13.5. The summed E-state index contributed by atoms with van der Waals surface area (Å²) < 4.78 is 7.04.